The normalized spacial score (nSPS) is 22.3. The lowest BCUT2D eigenvalue weighted by Crippen LogP contribution is -2.62. The molecule has 126 valence electrons. The number of hydrogen-bond acceptors (Lipinski definition) is 3. The van der Waals surface area contributed by atoms with E-state index >= 15 is 0 Å². The Hall–Kier alpha value is -1.88. The number of aromatic carboxylic acids is 1. The molecule has 1 fully saturated rings. The van der Waals surface area contributed by atoms with Gasteiger partial charge in [-0.05, 0) is 31.0 Å². The Labute approximate surface area is 137 Å². The fraction of sp³-hybridized carbons (Fsp3) is 0.556. The predicted molar refractivity (Wildman–Crippen MR) is 87.5 cm³/mol. The Morgan fingerprint density at radius 1 is 1.39 bits per heavy atom. The number of likely N-dealkylation sites (N-methyl/N-ethyl adjacent to an activating group) is 1. The lowest BCUT2D eigenvalue weighted by Gasteiger charge is -2.54. The molecule has 0 radical (unpaired) electrons. The van der Waals surface area contributed by atoms with E-state index in [9.17, 15) is 9.59 Å². The van der Waals surface area contributed by atoms with Crippen molar-refractivity contribution in [2.45, 2.75) is 45.8 Å². The van der Waals surface area contributed by atoms with Crippen LogP contribution in [0.25, 0.3) is 0 Å². The van der Waals surface area contributed by atoms with Gasteiger partial charge >= 0.3 is 5.97 Å². The van der Waals surface area contributed by atoms with E-state index in [1.54, 1.807) is 23.1 Å². The van der Waals surface area contributed by atoms with E-state index in [1.807, 2.05) is 14.0 Å². The number of hydrogen-bond donors (Lipinski definition) is 1. The molecule has 0 aromatic heterocycles. The quantitative estimate of drug-likeness (QED) is 0.875. The fourth-order valence-corrected chi connectivity index (χ4v) is 3.29. The number of ether oxygens (including phenoxy) is 1. The standard InChI is InChI=1S/C18H25NO4/c1-5-23-15-11-14(18(15,2)3)19(4)16(20)10-12-7-6-8-13(9-12)17(21)22/h6-9,14-15H,5,10-11H2,1-4H3,(H,21,22). The zero-order valence-corrected chi connectivity index (χ0v) is 14.2. The summed E-state index contributed by atoms with van der Waals surface area (Å²) in [4.78, 5) is 25.3. The molecule has 23 heavy (non-hydrogen) atoms. The Morgan fingerprint density at radius 2 is 2.09 bits per heavy atom. The molecule has 2 atom stereocenters. The van der Waals surface area contributed by atoms with Gasteiger partial charge in [-0.15, -0.1) is 0 Å². The first-order valence-electron chi connectivity index (χ1n) is 7.96. The van der Waals surface area contributed by atoms with Gasteiger partial charge in [0.15, 0.2) is 0 Å². The summed E-state index contributed by atoms with van der Waals surface area (Å²) in [5, 5.41) is 9.03. The van der Waals surface area contributed by atoms with Gasteiger partial charge in [0.2, 0.25) is 5.91 Å². The van der Waals surface area contributed by atoms with Crippen molar-refractivity contribution in [3.8, 4) is 0 Å². The average Bonchev–Trinajstić information content (AvgIpc) is 2.50. The molecule has 5 nitrogen and oxygen atoms in total. The molecule has 0 bridgehead atoms. The molecule has 1 amide bonds. The maximum atomic E-state index is 12.5. The zero-order chi connectivity index (χ0) is 17.2. The topological polar surface area (TPSA) is 66.8 Å². The number of rotatable bonds is 6. The highest BCUT2D eigenvalue weighted by Crippen LogP contribution is 2.45. The van der Waals surface area contributed by atoms with E-state index in [2.05, 4.69) is 13.8 Å². The lowest BCUT2D eigenvalue weighted by atomic mass is 9.63. The average molecular weight is 319 g/mol. The molecule has 1 aliphatic carbocycles. The summed E-state index contributed by atoms with van der Waals surface area (Å²) in [6, 6.07) is 6.69. The van der Waals surface area contributed by atoms with E-state index in [4.69, 9.17) is 9.84 Å². The van der Waals surface area contributed by atoms with Crippen LogP contribution in [0.15, 0.2) is 24.3 Å². The summed E-state index contributed by atoms with van der Waals surface area (Å²) >= 11 is 0. The number of carbonyl (C=O) groups is 2. The number of carboxylic acid groups (broad SMARTS) is 1. The van der Waals surface area contributed by atoms with Crippen LogP contribution in [-0.4, -0.2) is 47.7 Å². The zero-order valence-electron chi connectivity index (χ0n) is 14.2. The SMILES string of the molecule is CCOC1CC(N(C)C(=O)Cc2cccc(C(=O)O)c2)C1(C)C. The predicted octanol–water partition coefficient (Wildman–Crippen LogP) is 2.59. The third-order valence-electron chi connectivity index (χ3n) is 4.88. The molecule has 0 heterocycles. The summed E-state index contributed by atoms with van der Waals surface area (Å²) in [6.07, 6.45) is 1.24. The van der Waals surface area contributed by atoms with Crippen LogP contribution >= 0.6 is 0 Å². The molecule has 2 unspecified atom stereocenters. The number of carboxylic acids is 1. The first kappa shape index (κ1) is 17.5. The maximum absolute atomic E-state index is 12.5. The third-order valence-corrected chi connectivity index (χ3v) is 4.88. The number of carbonyl (C=O) groups excluding carboxylic acids is 1. The van der Waals surface area contributed by atoms with E-state index in [1.165, 1.54) is 6.07 Å². The third kappa shape index (κ3) is 3.55. The van der Waals surface area contributed by atoms with Crippen molar-refractivity contribution >= 4 is 11.9 Å². The van der Waals surface area contributed by atoms with Crippen LogP contribution in [0.4, 0.5) is 0 Å². The summed E-state index contributed by atoms with van der Waals surface area (Å²) in [7, 11) is 1.82. The molecule has 5 heteroatoms. The van der Waals surface area contributed by atoms with Crippen LogP contribution in [0.3, 0.4) is 0 Å². The molecule has 1 N–H and O–H groups in total. The van der Waals surface area contributed by atoms with Crippen molar-refractivity contribution in [2.75, 3.05) is 13.7 Å². The smallest absolute Gasteiger partial charge is 0.335 e. The van der Waals surface area contributed by atoms with Crippen molar-refractivity contribution in [1.82, 2.24) is 4.90 Å². The Balaban J connectivity index is 2.01. The minimum Gasteiger partial charge on any atom is -0.478 e. The second-order valence-electron chi connectivity index (χ2n) is 6.70. The molecule has 0 aliphatic heterocycles. The second kappa shape index (κ2) is 6.71. The van der Waals surface area contributed by atoms with Gasteiger partial charge in [0.1, 0.15) is 0 Å². The maximum Gasteiger partial charge on any atom is 0.335 e. The van der Waals surface area contributed by atoms with Crippen LogP contribution < -0.4 is 0 Å². The van der Waals surface area contributed by atoms with Crippen molar-refractivity contribution in [1.29, 1.82) is 0 Å². The van der Waals surface area contributed by atoms with Crippen LogP contribution in [0.2, 0.25) is 0 Å². The first-order valence-corrected chi connectivity index (χ1v) is 7.96. The van der Waals surface area contributed by atoms with Crippen molar-refractivity contribution in [2.24, 2.45) is 5.41 Å². The number of benzene rings is 1. The van der Waals surface area contributed by atoms with Crippen LogP contribution in [0.5, 0.6) is 0 Å². The summed E-state index contributed by atoms with van der Waals surface area (Å²) in [6.45, 7) is 6.90. The van der Waals surface area contributed by atoms with Crippen LogP contribution in [-0.2, 0) is 16.0 Å². The summed E-state index contributed by atoms with van der Waals surface area (Å²) < 4.78 is 5.71. The minimum absolute atomic E-state index is 0.000521. The second-order valence-corrected chi connectivity index (χ2v) is 6.70. The van der Waals surface area contributed by atoms with Gasteiger partial charge < -0.3 is 14.7 Å². The minimum atomic E-state index is -0.979. The van der Waals surface area contributed by atoms with Gasteiger partial charge in [-0.3, -0.25) is 4.79 Å². The Morgan fingerprint density at radius 3 is 2.65 bits per heavy atom. The molecule has 1 saturated carbocycles. The molecule has 0 spiro atoms. The van der Waals surface area contributed by atoms with E-state index in [0.717, 1.165) is 12.0 Å². The molecule has 0 saturated heterocycles. The van der Waals surface area contributed by atoms with Crippen LogP contribution in [0.1, 0.15) is 43.1 Å². The summed E-state index contributed by atoms with van der Waals surface area (Å²) in [5.41, 5.74) is 0.863. The van der Waals surface area contributed by atoms with Gasteiger partial charge in [0, 0.05) is 25.1 Å². The van der Waals surface area contributed by atoms with Crippen molar-refractivity contribution in [3.05, 3.63) is 35.4 Å². The Bertz CT molecular complexity index is 596. The highest BCUT2D eigenvalue weighted by molar-refractivity contribution is 5.88. The van der Waals surface area contributed by atoms with Gasteiger partial charge in [-0.25, -0.2) is 4.79 Å². The number of nitrogens with zero attached hydrogens (tertiary/aromatic N) is 1. The number of amides is 1. The largest absolute Gasteiger partial charge is 0.478 e. The fourth-order valence-electron chi connectivity index (χ4n) is 3.29. The van der Waals surface area contributed by atoms with Gasteiger partial charge in [0.05, 0.1) is 18.1 Å². The van der Waals surface area contributed by atoms with Gasteiger partial charge in [-0.1, -0.05) is 26.0 Å². The van der Waals surface area contributed by atoms with Crippen molar-refractivity contribution in [3.63, 3.8) is 0 Å². The highest BCUT2D eigenvalue weighted by atomic mass is 16.5. The lowest BCUT2D eigenvalue weighted by molar-refractivity contribution is -0.162. The van der Waals surface area contributed by atoms with Crippen molar-refractivity contribution < 1.29 is 19.4 Å². The first-order chi connectivity index (χ1) is 10.8. The molecule has 1 aliphatic rings. The molecular formula is C18H25NO4. The molecular weight excluding hydrogens is 294 g/mol. The van der Waals surface area contributed by atoms with E-state index < -0.39 is 5.97 Å². The van der Waals surface area contributed by atoms with Crippen LogP contribution in [0, 0.1) is 5.41 Å². The summed E-state index contributed by atoms with van der Waals surface area (Å²) in [5.74, 6) is -0.979. The monoisotopic (exact) mass is 319 g/mol. The van der Waals surface area contributed by atoms with Gasteiger partial charge in [0.25, 0.3) is 0 Å². The van der Waals surface area contributed by atoms with E-state index in [0.29, 0.717) is 6.61 Å². The van der Waals surface area contributed by atoms with E-state index in [-0.39, 0.29) is 35.5 Å². The van der Waals surface area contributed by atoms with Gasteiger partial charge in [-0.2, -0.15) is 0 Å². The highest BCUT2D eigenvalue weighted by Gasteiger charge is 2.51. The molecule has 1 aromatic rings. The molecule has 1 aromatic carbocycles. The Kier molecular flexibility index (Phi) is 5.09. The molecule has 2 rings (SSSR count).